The quantitative estimate of drug-likeness (QED) is 0.616. The summed E-state index contributed by atoms with van der Waals surface area (Å²) in [6.07, 6.45) is 5.71. The molecule has 0 aromatic heterocycles. The second kappa shape index (κ2) is 3.02. The molecule has 0 N–H and O–H groups in total. The zero-order valence-electron chi connectivity index (χ0n) is 10.8. The predicted molar refractivity (Wildman–Crippen MR) is 64.0 cm³/mol. The second-order valence-electron chi connectivity index (χ2n) is 7.16. The summed E-state index contributed by atoms with van der Waals surface area (Å²) in [6, 6.07) is 0. The third-order valence-electron chi connectivity index (χ3n) is 5.26. The molecule has 0 aromatic rings. The molecular weight excluding hydrogens is 198 g/mol. The number of carbonyl (C=O) groups excluding carboxylic acids is 1. The maximum atomic E-state index is 12.1. The third kappa shape index (κ3) is 1.28. The first-order chi connectivity index (χ1) is 7.43. The first-order valence-electron chi connectivity index (χ1n) is 6.73. The van der Waals surface area contributed by atoms with E-state index in [1.165, 1.54) is 19.3 Å². The fraction of sp³-hybridized carbons (Fsp3) is 0.929. The Morgan fingerprint density at radius 3 is 2.81 bits per heavy atom. The van der Waals surface area contributed by atoms with Gasteiger partial charge in [0, 0.05) is 18.5 Å². The minimum Gasteiger partial charge on any atom is -0.336 e. The van der Waals surface area contributed by atoms with Crippen molar-refractivity contribution in [3.63, 3.8) is 0 Å². The van der Waals surface area contributed by atoms with Crippen LogP contribution in [0.15, 0.2) is 0 Å². The SMILES string of the molecule is CC1CCC(=O)N2CC3CC(C)(C)CC12C3. The summed E-state index contributed by atoms with van der Waals surface area (Å²) in [7, 11) is 0. The number of rotatable bonds is 0. The summed E-state index contributed by atoms with van der Waals surface area (Å²) in [4.78, 5) is 14.4. The Morgan fingerprint density at radius 1 is 1.31 bits per heavy atom. The van der Waals surface area contributed by atoms with Crippen LogP contribution in [0.4, 0.5) is 0 Å². The van der Waals surface area contributed by atoms with Crippen LogP contribution in [0.1, 0.15) is 52.9 Å². The van der Waals surface area contributed by atoms with Gasteiger partial charge in [-0.1, -0.05) is 20.8 Å². The van der Waals surface area contributed by atoms with Gasteiger partial charge in [0.2, 0.25) is 5.91 Å². The van der Waals surface area contributed by atoms with Gasteiger partial charge in [-0.25, -0.2) is 0 Å². The highest BCUT2D eigenvalue weighted by Gasteiger charge is 2.58. The first kappa shape index (κ1) is 10.6. The van der Waals surface area contributed by atoms with Crippen molar-refractivity contribution in [3.05, 3.63) is 0 Å². The summed E-state index contributed by atoms with van der Waals surface area (Å²) in [6.45, 7) is 8.18. The lowest BCUT2D eigenvalue weighted by Crippen LogP contribution is -2.56. The van der Waals surface area contributed by atoms with E-state index < -0.39 is 0 Å². The van der Waals surface area contributed by atoms with Crippen molar-refractivity contribution < 1.29 is 4.79 Å². The van der Waals surface area contributed by atoms with Crippen molar-refractivity contribution in [1.29, 1.82) is 0 Å². The van der Waals surface area contributed by atoms with Crippen LogP contribution in [0.5, 0.6) is 0 Å². The van der Waals surface area contributed by atoms with E-state index in [-0.39, 0.29) is 5.54 Å². The molecule has 2 heteroatoms. The summed E-state index contributed by atoms with van der Waals surface area (Å²) >= 11 is 0. The third-order valence-corrected chi connectivity index (χ3v) is 5.26. The smallest absolute Gasteiger partial charge is 0.223 e. The van der Waals surface area contributed by atoms with E-state index in [2.05, 4.69) is 25.7 Å². The highest BCUT2D eigenvalue weighted by molar-refractivity contribution is 5.78. The molecule has 3 fully saturated rings. The van der Waals surface area contributed by atoms with E-state index in [0.29, 0.717) is 17.2 Å². The number of piperidine rings is 1. The topological polar surface area (TPSA) is 20.3 Å². The van der Waals surface area contributed by atoms with E-state index in [0.717, 1.165) is 25.3 Å². The predicted octanol–water partition coefficient (Wildman–Crippen LogP) is 2.82. The zero-order chi connectivity index (χ0) is 11.6. The van der Waals surface area contributed by atoms with Gasteiger partial charge in [-0.15, -0.1) is 0 Å². The molecular formula is C14H23NO. The van der Waals surface area contributed by atoms with E-state index >= 15 is 0 Å². The van der Waals surface area contributed by atoms with Gasteiger partial charge in [0.1, 0.15) is 0 Å². The molecule has 2 aliphatic heterocycles. The highest BCUT2D eigenvalue weighted by Crippen LogP contribution is 2.57. The van der Waals surface area contributed by atoms with Crippen molar-refractivity contribution >= 4 is 5.91 Å². The normalized spacial score (nSPS) is 45.7. The summed E-state index contributed by atoms with van der Waals surface area (Å²) in [5.74, 6) is 1.90. The van der Waals surface area contributed by atoms with Crippen molar-refractivity contribution in [3.8, 4) is 0 Å². The molecule has 2 bridgehead atoms. The van der Waals surface area contributed by atoms with Gasteiger partial charge in [-0.2, -0.15) is 0 Å². The molecule has 90 valence electrons. The van der Waals surface area contributed by atoms with E-state index in [1.54, 1.807) is 0 Å². The summed E-state index contributed by atoms with van der Waals surface area (Å²) in [5, 5.41) is 0. The fourth-order valence-electron chi connectivity index (χ4n) is 4.84. The van der Waals surface area contributed by atoms with Crippen LogP contribution in [0, 0.1) is 17.3 Å². The fourth-order valence-corrected chi connectivity index (χ4v) is 4.84. The molecule has 1 saturated carbocycles. The van der Waals surface area contributed by atoms with Crippen LogP contribution in [0.25, 0.3) is 0 Å². The molecule has 1 aliphatic carbocycles. The number of nitrogens with zero attached hydrogens (tertiary/aromatic N) is 1. The van der Waals surface area contributed by atoms with Gasteiger partial charge in [0.05, 0.1) is 0 Å². The molecule has 3 atom stereocenters. The minimum atomic E-state index is 0.238. The van der Waals surface area contributed by atoms with Gasteiger partial charge in [0.15, 0.2) is 0 Å². The average molecular weight is 221 g/mol. The number of carbonyl (C=O) groups is 1. The van der Waals surface area contributed by atoms with Crippen molar-refractivity contribution in [2.75, 3.05) is 6.54 Å². The Labute approximate surface area is 98.4 Å². The van der Waals surface area contributed by atoms with Crippen LogP contribution >= 0.6 is 0 Å². The van der Waals surface area contributed by atoms with Crippen LogP contribution in [0.2, 0.25) is 0 Å². The molecule has 2 saturated heterocycles. The molecule has 3 aliphatic rings. The Hall–Kier alpha value is -0.530. The van der Waals surface area contributed by atoms with Gasteiger partial charge in [-0.3, -0.25) is 4.79 Å². The standard InChI is InChI=1S/C14H23NO/c1-10-4-5-12(16)15-8-11-6-13(2,3)9-14(10,15)7-11/h10-11H,4-9H2,1-3H3. The minimum absolute atomic E-state index is 0.238. The number of hydrogen-bond donors (Lipinski definition) is 0. The molecule has 1 amide bonds. The summed E-state index contributed by atoms with van der Waals surface area (Å²) in [5.41, 5.74) is 0.672. The molecule has 1 spiro atoms. The molecule has 0 radical (unpaired) electrons. The van der Waals surface area contributed by atoms with Crippen molar-refractivity contribution in [2.24, 2.45) is 17.3 Å². The van der Waals surface area contributed by atoms with E-state index in [9.17, 15) is 4.79 Å². The molecule has 3 unspecified atom stereocenters. The number of hydrogen-bond acceptors (Lipinski definition) is 1. The first-order valence-corrected chi connectivity index (χ1v) is 6.73. The Morgan fingerprint density at radius 2 is 2.06 bits per heavy atom. The van der Waals surface area contributed by atoms with E-state index in [4.69, 9.17) is 0 Å². The second-order valence-corrected chi connectivity index (χ2v) is 7.16. The van der Waals surface area contributed by atoms with Gasteiger partial charge < -0.3 is 4.90 Å². The van der Waals surface area contributed by atoms with Gasteiger partial charge in [-0.05, 0) is 42.9 Å². The van der Waals surface area contributed by atoms with Crippen molar-refractivity contribution in [1.82, 2.24) is 4.90 Å². The Bertz CT molecular complexity index is 336. The molecule has 16 heavy (non-hydrogen) atoms. The lowest BCUT2D eigenvalue weighted by molar-refractivity contribution is -0.144. The monoisotopic (exact) mass is 221 g/mol. The lowest BCUT2D eigenvalue weighted by Gasteiger charge is -2.51. The largest absolute Gasteiger partial charge is 0.336 e. The van der Waals surface area contributed by atoms with E-state index in [1.807, 2.05) is 0 Å². The Kier molecular flexibility index (Phi) is 2.01. The van der Waals surface area contributed by atoms with Crippen LogP contribution < -0.4 is 0 Å². The molecule has 0 aromatic carbocycles. The molecule has 2 heterocycles. The number of amides is 1. The summed E-state index contributed by atoms with van der Waals surface area (Å²) < 4.78 is 0. The van der Waals surface area contributed by atoms with Gasteiger partial charge in [0.25, 0.3) is 0 Å². The number of fused-ring (bicyclic) bond motifs is 1. The average Bonchev–Trinajstić information content (AvgIpc) is 2.45. The highest BCUT2D eigenvalue weighted by atomic mass is 16.2. The van der Waals surface area contributed by atoms with Crippen LogP contribution in [-0.2, 0) is 4.79 Å². The van der Waals surface area contributed by atoms with Crippen molar-refractivity contribution in [2.45, 2.75) is 58.4 Å². The molecule has 3 rings (SSSR count). The molecule has 2 nitrogen and oxygen atoms in total. The lowest BCUT2D eigenvalue weighted by atomic mass is 9.61. The maximum Gasteiger partial charge on any atom is 0.223 e. The van der Waals surface area contributed by atoms with Crippen LogP contribution in [0.3, 0.4) is 0 Å². The maximum absolute atomic E-state index is 12.1. The van der Waals surface area contributed by atoms with Crippen LogP contribution in [-0.4, -0.2) is 22.9 Å². The van der Waals surface area contributed by atoms with Gasteiger partial charge >= 0.3 is 0 Å². The Balaban J connectivity index is 2.01. The zero-order valence-corrected chi connectivity index (χ0v) is 10.8.